The Morgan fingerprint density at radius 2 is 1.61 bits per heavy atom. The topological polar surface area (TPSA) is 102 Å². The number of esters is 1. The van der Waals surface area contributed by atoms with Gasteiger partial charge in [-0.3, -0.25) is 9.59 Å². The fourth-order valence-corrected chi connectivity index (χ4v) is 3.84. The second-order valence-corrected chi connectivity index (χ2v) is 7.41. The van der Waals surface area contributed by atoms with Crippen LogP contribution in [0.2, 0.25) is 0 Å². The van der Waals surface area contributed by atoms with Crippen molar-refractivity contribution in [2.45, 2.75) is 6.92 Å². The van der Waals surface area contributed by atoms with E-state index in [9.17, 15) is 14.4 Å². The fourth-order valence-electron chi connectivity index (χ4n) is 3.84. The van der Waals surface area contributed by atoms with Crippen LogP contribution in [0.1, 0.15) is 28.4 Å². The monoisotopic (exact) mass is 441 g/mol. The SMILES string of the molecule is CCOC(=O)c1ccc2c(c1)NC(=O)/C2=C(\c1ccccc1)N(CC(N)=O)c1ccccc1. The fraction of sp³-hybridized carbons (Fsp3) is 0.115. The Labute approximate surface area is 191 Å². The van der Waals surface area contributed by atoms with Gasteiger partial charge in [-0.05, 0) is 36.8 Å². The lowest BCUT2D eigenvalue weighted by molar-refractivity contribution is -0.116. The van der Waals surface area contributed by atoms with Crippen LogP contribution < -0.4 is 16.0 Å². The molecule has 0 aliphatic carbocycles. The molecule has 0 spiro atoms. The minimum absolute atomic E-state index is 0.124. The molecule has 7 nitrogen and oxygen atoms in total. The van der Waals surface area contributed by atoms with Crippen LogP contribution in [0.25, 0.3) is 11.3 Å². The van der Waals surface area contributed by atoms with E-state index in [4.69, 9.17) is 10.5 Å². The summed E-state index contributed by atoms with van der Waals surface area (Å²) in [7, 11) is 0. The van der Waals surface area contributed by atoms with Gasteiger partial charge in [0.15, 0.2) is 0 Å². The average Bonchev–Trinajstić information content (AvgIpc) is 3.14. The Balaban J connectivity index is 1.95. The van der Waals surface area contributed by atoms with E-state index in [1.807, 2.05) is 60.7 Å². The van der Waals surface area contributed by atoms with Crippen molar-refractivity contribution >= 4 is 40.4 Å². The number of hydrogen-bond donors (Lipinski definition) is 2. The Morgan fingerprint density at radius 3 is 2.24 bits per heavy atom. The highest BCUT2D eigenvalue weighted by Crippen LogP contribution is 2.40. The molecule has 0 aromatic heterocycles. The number of fused-ring (bicyclic) bond motifs is 1. The maximum atomic E-state index is 13.2. The van der Waals surface area contributed by atoms with Gasteiger partial charge < -0.3 is 20.7 Å². The van der Waals surface area contributed by atoms with Gasteiger partial charge in [-0.1, -0.05) is 54.6 Å². The van der Waals surface area contributed by atoms with Crippen LogP contribution in [0.3, 0.4) is 0 Å². The molecule has 0 atom stereocenters. The lowest BCUT2D eigenvalue weighted by Crippen LogP contribution is -2.33. The molecule has 166 valence electrons. The normalized spacial score (nSPS) is 13.7. The second-order valence-electron chi connectivity index (χ2n) is 7.41. The van der Waals surface area contributed by atoms with Crippen molar-refractivity contribution in [2.75, 3.05) is 23.4 Å². The molecule has 3 aromatic carbocycles. The number of benzene rings is 3. The molecule has 0 saturated heterocycles. The third-order valence-electron chi connectivity index (χ3n) is 5.21. The van der Waals surface area contributed by atoms with Gasteiger partial charge in [-0.2, -0.15) is 0 Å². The van der Waals surface area contributed by atoms with E-state index in [0.29, 0.717) is 33.8 Å². The van der Waals surface area contributed by atoms with Gasteiger partial charge >= 0.3 is 5.97 Å². The van der Waals surface area contributed by atoms with Gasteiger partial charge in [0, 0.05) is 11.3 Å². The summed E-state index contributed by atoms with van der Waals surface area (Å²) in [5.74, 6) is -1.34. The number of anilines is 2. The van der Waals surface area contributed by atoms with E-state index >= 15 is 0 Å². The minimum atomic E-state index is -0.538. The first kappa shape index (κ1) is 21.8. The van der Waals surface area contributed by atoms with Crippen LogP contribution in [-0.4, -0.2) is 30.9 Å². The number of hydrogen-bond acceptors (Lipinski definition) is 5. The van der Waals surface area contributed by atoms with E-state index < -0.39 is 11.9 Å². The number of primary amides is 1. The summed E-state index contributed by atoms with van der Waals surface area (Å²) in [5.41, 5.74) is 9.46. The molecule has 1 aliphatic heterocycles. The highest BCUT2D eigenvalue weighted by molar-refractivity contribution is 6.38. The first-order chi connectivity index (χ1) is 16.0. The summed E-state index contributed by atoms with van der Waals surface area (Å²) in [6, 6.07) is 23.6. The van der Waals surface area contributed by atoms with E-state index in [1.54, 1.807) is 30.0 Å². The third-order valence-corrected chi connectivity index (χ3v) is 5.21. The van der Waals surface area contributed by atoms with Crippen LogP contribution in [0.4, 0.5) is 11.4 Å². The number of rotatable bonds is 7. The zero-order valence-corrected chi connectivity index (χ0v) is 18.1. The molecular formula is C26H23N3O4. The summed E-state index contributed by atoms with van der Waals surface area (Å²) in [6.45, 7) is 1.86. The average molecular weight is 441 g/mol. The summed E-state index contributed by atoms with van der Waals surface area (Å²) in [4.78, 5) is 39.2. The lowest BCUT2D eigenvalue weighted by Gasteiger charge is -2.28. The molecule has 0 unspecified atom stereocenters. The first-order valence-electron chi connectivity index (χ1n) is 10.5. The van der Waals surface area contributed by atoms with E-state index in [2.05, 4.69) is 5.32 Å². The number of nitrogens with one attached hydrogen (secondary N) is 1. The zero-order chi connectivity index (χ0) is 23.4. The quantitative estimate of drug-likeness (QED) is 0.430. The maximum Gasteiger partial charge on any atom is 0.338 e. The predicted molar refractivity (Wildman–Crippen MR) is 127 cm³/mol. The number of nitrogens with two attached hydrogens (primary N) is 1. The molecule has 4 rings (SSSR count). The highest BCUT2D eigenvalue weighted by atomic mass is 16.5. The van der Waals surface area contributed by atoms with Gasteiger partial charge in [-0.15, -0.1) is 0 Å². The number of carbonyl (C=O) groups is 3. The Hall–Kier alpha value is -4.39. The van der Waals surface area contributed by atoms with Gasteiger partial charge in [0.05, 0.1) is 29.1 Å². The van der Waals surface area contributed by atoms with Gasteiger partial charge in [-0.25, -0.2) is 4.79 Å². The van der Waals surface area contributed by atoms with Crippen molar-refractivity contribution in [3.63, 3.8) is 0 Å². The summed E-state index contributed by atoms with van der Waals surface area (Å²) < 4.78 is 5.07. The molecule has 2 amide bonds. The van der Waals surface area contributed by atoms with Gasteiger partial charge in [0.1, 0.15) is 6.54 Å². The molecule has 3 aromatic rings. The molecular weight excluding hydrogens is 418 g/mol. The number of amides is 2. The second kappa shape index (κ2) is 9.40. The number of ether oxygens (including phenoxy) is 1. The van der Waals surface area contributed by atoms with Gasteiger partial charge in [0.2, 0.25) is 5.91 Å². The molecule has 0 bridgehead atoms. The van der Waals surface area contributed by atoms with Crippen molar-refractivity contribution in [1.29, 1.82) is 0 Å². The van der Waals surface area contributed by atoms with Crippen LogP contribution in [-0.2, 0) is 14.3 Å². The molecule has 1 heterocycles. The molecule has 33 heavy (non-hydrogen) atoms. The Kier molecular flexibility index (Phi) is 6.22. The predicted octanol–water partition coefficient (Wildman–Crippen LogP) is 3.68. The summed E-state index contributed by atoms with van der Waals surface area (Å²) >= 11 is 0. The van der Waals surface area contributed by atoms with Crippen LogP contribution in [0.15, 0.2) is 78.9 Å². The largest absolute Gasteiger partial charge is 0.462 e. The number of para-hydroxylation sites is 1. The molecule has 3 N–H and O–H groups in total. The molecule has 0 saturated carbocycles. The Morgan fingerprint density at radius 1 is 0.939 bits per heavy atom. The minimum Gasteiger partial charge on any atom is -0.462 e. The zero-order valence-electron chi connectivity index (χ0n) is 18.1. The molecule has 0 fully saturated rings. The van der Waals surface area contributed by atoms with Crippen LogP contribution in [0.5, 0.6) is 0 Å². The molecule has 1 aliphatic rings. The van der Waals surface area contributed by atoms with Crippen molar-refractivity contribution in [2.24, 2.45) is 5.73 Å². The third kappa shape index (κ3) is 4.48. The van der Waals surface area contributed by atoms with Gasteiger partial charge in [0.25, 0.3) is 5.91 Å². The van der Waals surface area contributed by atoms with Crippen molar-refractivity contribution in [3.05, 3.63) is 95.6 Å². The molecule has 7 heteroatoms. The highest BCUT2D eigenvalue weighted by Gasteiger charge is 2.32. The first-order valence-corrected chi connectivity index (χ1v) is 10.5. The summed E-state index contributed by atoms with van der Waals surface area (Å²) in [5, 5.41) is 2.85. The van der Waals surface area contributed by atoms with Crippen LogP contribution in [0, 0.1) is 0 Å². The number of nitrogens with zero attached hydrogens (tertiary/aromatic N) is 1. The maximum absolute atomic E-state index is 13.2. The van der Waals surface area contributed by atoms with Crippen molar-refractivity contribution in [3.8, 4) is 0 Å². The van der Waals surface area contributed by atoms with Crippen LogP contribution >= 0.6 is 0 Å². The molecule has 0 radical (unpaired) electrons. The van der Waals surface area contributed by atoms with E-state index in [0.717, 1.165) is 5.56 Å². The van der Waals surface area contributed by atoms with Crippen molar-refractivity contribution < 1.29 is 19.1 Å². The van der Waals surface area contributed by atoms with E-state index in [-0.39, 0.29) is 19.1 Å². The Bertz CT molecular complexity index is 1240. The van der Waals surface area contributed by atoms with Crippen molar-refractivity contribution in [1.82, 2.24) is 0 Å². The summed E-state index contributed by atoms with van der Waals surface area (Å²) in [6.07, 6.45) is 0. The van der Waals surface area contributed by atoms with E-state index in [1.165, 1.54) is 0 Å². The lowest BCUT2D eigenvalue weighted by atomic mass is 9.97. The standard InChI is InChI=1S/C26H23N3O4/c1-2-33-26(32)18-13-14-20-21(15-18)28-25(31)23(20)24(17-9-5-3-6-10-17)29(16-22(27)30)19-11-7-4-8-12-19/h3-15H,2,16H2,1H3,(H2,27,30)(H,28,31)/b24-23+. The smallest absolute Gasteiger partial charge is 0.338 e. The number of carbonyl (C=O) groups excluding carboxylic acids is 3.